The number of aromatic nitrogens is 1. The average molecular weight is 256 g/mol. The fraction of sp³-hybridized carbons (Fsp3) is 0.667. The summed E-state index contributed by atoms with van der Waals surface area (Å²) in [5, 5.41) is 13.2. The fourth-order valence-electron chi connectivity index (χ4n) is 1.39. The van der Waals surface area contributed by atoms with Gasteiger partial charge in [0.05, 0.1) is 17.3 Å². The molecular weight excluding hydrogens is 236 g/mol. The summed E-state index contributed by atoms with van der Waals surface area (Å²) in [6.07, 6.45) is 4.58. The van der Waals surface area contributed by atoms with E-state index in [2.05, 4.69) is 17.2 Å². The van der Waals surface area contributed by atoms with Gasteiger partial charge in [-0.25, -0.2) is 4.98 Å². The van der Waals surface area contributed by atoms with E-state index in [1.807, 2.05) is 6.92 Å². The molecule has 1 aromatic heterocycles. The Kier molecular flexibility index (Phi) is 6.15. The Labute approximate surface area is 106 Å². The number of rotatable bonds is 7. The van der Waals surface area contributed by atoms with Gasteiger partial charge >= 0.3 is 0 Å². The molecule has 0 saturated heterocycles. The van der Waals surface area contributed by atoms with E-state index >= 15 is 0 Å². The number of nitrogens with one attached hydrogen (secondary N) is 1. The molecule has 0 bridgehead atoms. The summed E-state index contributed by atoms with van der Waals surface area (Å²) < 4.78 is 0. The summed E-state index contributed by atoms with van der Waals surface area (Å²) >= 11 is 1.44. The maximum Gasteiger partial charge on any atom is 0.263 e. The zero-order chi connectivity index (χ0) is 12.7. The van der Waals surface area contributed by atoms with E-state index in [9.17, 15) is 9.90 Å². The number of thiazole rings is 1. The molecule has 0 aliphatic carbocycles. The molecule has 0 aliphatic rings. The van der Waals surface area contributed by atoms with Crippen LogP contribution in [0, 0.1) is 0 Å². The second-order valence-corrected chi connectivity index (χ2v) is 5.09. The lowest BCUT2D eigenvalue weighted by atomic mass is 10.2. The monoisotopic (exact) mass is 256 g/mol. The topological polar surface area (TPSA) is 62.2 Å². The smallest absolute Gasteiger partial charge is 0.263 e. The largest absolute Gasteiger partial charge is 0.393 e. The summed E-state index contributed by atoms with van der Waals surface area (Å²) in [4.78, 5) is 16.6. The van der Waals surface area contributed by atoms with E-state index in [1.165, 1.54) is 11.3 Å². The molecule has 1 atom stereocenters. The van der Waals surface area contributed by atoms with E-state index in [-0.39, 0.29) is 12.0 Å². The predicted molar refractivity (Wildman–Crippen MR) is 69.4 cm³/mol. The van der Waals surface area contributed by atoms with Crippen LogP contribution >= 0.6 is 11.3 Å². The van der Waals surface area contributed by atoms with E-state index in [4.69, 9.17) is 0 Å². The number of amides is 1. The Morgan fingerprint density at radius 3 is 3.00 bits per heavy atom. The van der Waals surface area contributed by atoms with Crippen molar-refractivity contribution >= 4 is 17.2 Å². The van der Waals surface area contributed by atoms with Gasteiger partial charge in [0, 0.05) is 6.54 Å². The highest BCUT2D eigenvalue weighted by Crippen LogP contribution is 2.14. The van der Waals surface area contributed by atoms with Gasteiger partial charge in [-0.3, -0.25) is 4.79 Å². The van der Waals surface area contributed by atoms with Gasteiger partial charge in [-0.15, -0.1) is 11.3 Å². The van der Waals surface area contributed by atoms with Gasteiger partial charge < -0.3 is 10.4 Å². The lowest BCUT2D eigenvalue weighted by molar-refractivity contribution is 0.0946. The Hall–Kier alpha value is -0.940. The summed E-state index contributed by atoms with van der Waals surface area (Å²) in [6.45, 7) is 4.52. The van der Waals surface area contributed by atoms with Crippen LogP contribution in [0.2, 0.25) is 0 Å². The first-order valence-corrected chi connectivity index (χ1v) is 6.90. The minimum Gasteiger partial charge on any atom is -0.393 e. The molecule has 1 amide bonds. The normalized spacial score (nSPS) is 12.4. The highest BCUT2D eigenvalue weighted by atomic mass is 32.1. The molecule has 17 heavy (non-hydrogen) atoms. The minimum absolute atomic E-state index is 0.0897. The van der Waals surface area contributed by atoms with Gasteiger partial charge in [0.1, 0.15) is 4.88 Å². The number of aliphatic hydroxyl groups is 1. The first-order valence-electron chi connectivity index (χ1n) is 6.08. The first-order chi connectivity index (χ1) is 8.17. The van der Waals surface area contributed by atoms with E-state index < -0.39 is 0 Å². The Morgan fingerprint density at radius 1 is 1.59 bits per heavy atom. The fourth-order valence-corrected chi connectivity index (χ4v) is 2.32. The number of hydrogen-bond donors (Lipinski definition) is 2. The number of hydrogen-bond acceptors (Lipinski definition) is 4. The number of carbonyl (C=O) groups is 1. The van der Waals surface area contributed by atoms with Crippen molar-refractivity contribution in [3.8, 4) is 0 Å². The lowest BCUT2D eigenvalue weighted by Gasteiger charge is -2.07. The lowest BCUT2D eigenvalue weighted by Crippen LogP contribution is -2.26. The Bertz CT molecular complexity index is 352. The van der Waals surface area contributed by atoms with Crippen molar-refractivity contribution in [1.82, 2.24) is 10.3 Å². The molecule has 2 N–H and O–H groups in total. The molecule has 0 aromatic carbocycles. The van der Waals surface area contributed by atoms with Gasteiger partial charge in [-0.1, -0.05) is 13.8 Å². The standard InChI is InChI=1S/C12H20N2O2S/c1-3-5-11-14-8-10(17-11)12(16)13-7-6-9(15)4-2/h8-9,15H,3-7H2,1-2H3,(H,13,16). The van der Waals surface area contributed by atoms with E-state index in [0.717, 1.165) is 24.3 Å². The van der Waals surface area contributed by atoms with Crippen LogP contribution in [0.5, 0.6) is 0 Å². The highest BCUT2D eigenvalue weighted by Gasteiger charge is 2.10. The number of aliphatic hydroxyl groups excluding tert-OH is 1. The second kappa shape index (κ2) is 7.40. The van der Waals surface area contributed by atoms with Crippen LogP contribution in [0.1, 0.15) is 47.8 Å². The van der Waals surface area contributed by atoms with Crippen LogP contribution in [-0.4, -0.2) is 28.6 Å². The van der Waals surface area contributed by atoms with Crippen LogP contribution < -0.4 is 5.32 Å². The van der Waals surface area contributed by atoms with Crippen LogP contribution in [0.15, 0.2) is 6.20 Å². The average Bonchev–Trinajstić information content (AvgIpc) is 2.78. The van der Waals surface area contributed by atoms with Gasteiger partial charge in [-0.05, 0) is 25.7 Å². The van der Waals surface area contributed by atoms with Gasteiger partial charge in [0.2, 0.25) is 0 Å². The molecule has 0 saturated carbocycles. The molecule has 0 aliphatic heterocycles. The van der Waals surface area contributed by atoms with Gasteiger partial charge in [0.15, 0.2) is 0 Å². The number of nitrogens with zero attached hydrogens (tertiary/aromatic N) is 1. The minimum atomic E-state index is -0.326. The van der Waals surface area contributed by atoms with Crippen molar-refractivity contribution in [3.63, 3.8) is 0 Å². The predicted octanol–water partition coefficient (Wildman–Crippen LogP) is 1.99. The van der Waals surface area contributed by atoms with Crippen LogP contribution in [0.4, 0.5) is 0 Å². The molecule has 96 valence electrons. The third-order valence-corrected chi connectivity index (χ3v) is 3.53. The molecule has 0 spiro atoms. The summed E-state index contributed by atoms with van der Waals surface area (Å²) in [6, 6.07) is 0. The van der Waals surface area contributed by atoms with Crippen LogP contribution in [0.25, 0.3) is 0 Å². The molecule has 4 nitrogen and oxygen atoms in total. The Balaban J connectivity index is 2.36. The molecule has 5 heteroatoms. The maximum atomic E-state index is 11.7. The second-order valence-electron chi connectivity index (χ2n) is 3.97. The Morgan fingerprint density at radius 2 is 2.35 bits per heavy atom. The maximum absolute atomic E-state index is 11.7. The summed E-state index contributed by atoms with van der Waals surface area (Å²) in [7, 11) is 0. The van der Waals surface area contributed by atoms with Crippen molar-refractivity contribution in [3.05, 3.63) is 16.1 Å². The molecule has 1 unspecified atom stereocenters. The van der Waals surface area contributed by atoms with Crippen molar-refractivity contribution in [2.24, 2.45) is 0 Å². The highest BCUT2D eigenvalue weighted by molar-refractivity contribution is 7.13. The first kappa shape index (κ1) is 14.1. The third kappa shape index (κ3) is 4.83. The zero-order valence-corrected chi connectivity index (χ0v) is 11.2. The van der Waals surface area contributed by atoms with Crippen molar-refractivity contribution in [1.29, 1.82) is 0 Å². The van der Waals surface area contributed by atoms with Crippen LogP contribution in [-0.2, 0) is 6.42 Å². The molecule has 1 aromatic rings. The zero-order valence-electron chi connectivity index (χ0n) is 10.4. The van der Waals surface area contributed by atoms with Crippen LogP contribution in [0.3, 0.4) is 0 Å². The van der Waals surface area contributed by atoms with Gasteiger partial charge in [-0.2, -0.15) is 0 Å². The van der Waals surface area contributed by atoms with Crippen molar-refractivity contribution < 1.29 is 9.90 Å². The van der Waals surface area contributed by atoms with Crippen molar-refractivity contribution in [2.75, 3.05) is 6.54 Å². The van der Waals surface area contributed by atoms with E-state index in [1.54, 1.807) is 6.20 Å². The third-order valence-electron chi connectivity index (χ3n) is 2.48. The number of aryl methyl sites for hydroxylation is 1. The molecule has 1 rings (SSSR count). The number of carbonyl (C=O) groups excluding carboxylic acids is 1. The van der Waals surface area contributed by atoms with E-state index in [0.29, 0.717) is 17.8 Å². The summed E-state index contributed by atoms with van der Waals surface area (Å²) in [5.41, 5.74) is 0. The van der Waals surface area contributed by atoms with Crippen molar-refractivity contribution in [2.45, 2.75) is 45.6 Å². The SMILES string of the molecule is CCCc1ncc(C(=O)NCCC(O)CC)s1. The molecule has 0 radical (unpaired) electrons. The van der Waals surface area contributed by atoms with Gasteiger partial charge in [0.25, 0.3) is 5.91 Å². The molecule has 1 heterocycles. The molecular formula is C12H20N2O2S. The molecule has 0 fully saturated rings. The summed E-state index contributed by atoms with van der Waals surface area (Å²) in [5.74, 6) is -0.0897. The quantitative estimate of drug-likeness (QED) is 0.784.